The SMILES string of the molecule is CCN1CCN(CC(N)c2cc3ccccc3o2)CC1. The van der Waals surface area contributed by atoms with Crippen LogP contribution in [0.15, 0.2) is 34.7 Å². The van der Waals surface area contributed by atoms with Crippen molar-refractivity contribution >= 4 is 11.0 Å². The third-order valence-corrected chi connectivity index (χ3v) is 4.18. The second-order valence-electron chi connectivity index (χ2n) is 5.53. The lowest BCUT2D eigenvalue weighted by atomic mass is 10.2. The maximum atomic E-state index is 6.31. The van der Waals surface area contributed by atoms with E-state index in [0.29, 0.717) is 0 Å². The molecular formula is C16H23N3O. The molecule has 2 heterocycles. The van der Waals surface area contributed by atoms with E-state index in [1.165, 1.54) is 0 Å². The first-order valence-electron chi connectivity index (χ1n) is 7.45. The van der Waals surface area contributed by atoms with Gasteiger partial charge in [0.2, 0.25) is 0 Å². The van der Waals surface area contributed by atoms with Gasteiger partial charge in [0.15, 0.2) is 0 Å². The summed E-state index contributed by atoms with van der Waals surface area (Å²) in [6.45, 7) is 8.72. The molecule has 0 bridgehead atoms. The van der Waals surface area contributed by atoms with Crippen LogP contribution >= 0.6 is 0 Å². The van der Waals surface area contributed by atoms with Crippen molar-refractivity contribution in [1.82, 2.24) is 9.80 Å². The number of hydrogen-bond donors (Lipinski definition) is 1. The molecule has 1 aliphatic rings. The van der Waals surface area contributed by atoms with E-state index in [-0.39, 0.29) is 6.04 Å². The Bertz CT molecular complexity index is 525. The Labute approximate surface area is 120 Å². The van der Waals surface area contributed by atoms with Crippen LogP contribution in [-0.2, 0) is 0 Å². The van der Waals surface area contributed by atoms with E-state index in [1.807, 2.05) is 18.2 Å². The molecule has 0 aliphatic carbocycles. The Balaban J connectivity index is 1.63. The molecule has 2 aromatic rings. The highest BCUT2D eigenvalue weighted by Crippen LogP contribution is 2.23. The summed E-state index contributed by atoms with van der Waals surface area (Å²) in [4.78, 5) is 4.91. The van der Waals surface area contributed by atoms with E-state index in [2.05, 4.69) is 28.9 Å². The minimum Gasteiger partial charge on any atom is -0.459 e. The molecule has 0 amide bonds. The topological polar surface area (TPSA) is 45.6 Å². The minimum atomic E-state index is -0.0458. The van der Waals surface area contributed by atoms with E-state index >= 15 is 0 Å². The van der Waals surface area contributed by atoms with Crippen molar-refractivity contribution in [2.24, 2.45) is 5.73 Å². The summed E-state index contributed by atoms with van der Waals surface area (Å²) < 4.78 is 5.85. The number of nitrogens with zero attached hydrogens (tertiary/aromatic N) is 2. The molecule has 20 heavy (non-hydrogen) atoms. The molecule has 108 valence electrons. The van der Waals surface area contributed by atoms with Crippen molar-refractivity contribution in [3.05, 3.63) is 36.1 Å². The van der Waals surface area contributed by atoms with Crippen molar-refractivity contribution in [3.8, 4) is 0 Å². The summed E-state index contributed by atoms with van der Waals surface area (Å²) in [5.41, 5.74) is 7.23. The molecular weight excluding hydrogens is 250 g/mol. The van der Waals surface area contributed by atoms with Crippen LogP contribution in [0.25, 0.3) is 11.0 Å². The lowest BCUT2D eigenvalue weighted by Crippen LogP contribution is -2.47. The van der Waals surface area contributed by atoms with Gasteiger partial charge in [-0.1, -0.05) is 25.1 Å². The lowest BCUT2D eigenvalue weighted by molar-refractivity contribution is 0.129. The Morgan fingerprint density at radius 3 is 2.55 bits per heavy atom. The van der Waals surface area contributed by atoms with Crippen molar-refractivity contribution in [2.45, 2.75) is 13.0 Å². The summed E-state index contributed by atoms with van der Waals surface area (Å²) in [7, 11) is 0. The summed E-state index contributed by atoms with van der Waals surface area (Å²) in [6, 6.07) is 10.1. The minimum absolute atomic E-state index is 0.0458. The van der Waals surface area contributed by atoms with E-state index in [4.69, 9.17) is 10.2 Å². The van der Waals surface area contributed by atoms with Gasteiger partial charge in [-0.15, -0.1) is 0 Å². The first-order chi connectivity index (χ1) is 9.76. The fraction of sp³-hybridized carbons (Fsp3) is 0.500. The molecule has 4 heteroatoms. The van der Waals surface area contributed by atoms with Crippen molar-refractivity contribution in [2.75, 3.05) is 39.3 Å². The molecule has 0 spiro atoms. The highest BCUT2D eigenvalue weighted by Gasteiger charge is 2.20. The lowest BCUT2D eigenvalue weighted by Gasteiger charge is -2.34. The zero-order valence-corrected chi connectivity index (χ0v) is 12.1. The van der Waals surface area contributed by atoms with Crippen molar-refractivity contribution in [3.63, 3.8) is 0 Å². The Morgan fingerprint density at radius 1 is 1.15 bits per heavy atom. The maximum absolute atomic E-state index is 6.31. The van der Waals surface area contributed by atoms with Crippen LogP contribution in [0.5, 0.6) is 0 Å². The molecule has 1 aromatic heterocycles. The van der Waals surface area contributed by atoms with Gasteiger partial charge in [0, 0.05) is 38.1 Å². The van der Waals surface area contributed by atoms with Crippen LogP contribution < -0.4 is 5.73 Å². The number of hydrogen-bond acceptors (Lipinski definition) is 4. The van der Waals surface area contributed by atoms with Gasteiger partial charge in [-0.05, 0) is 18.7 Å². The van der Waals surface area contributed by atoms with E-state index < -0.39 is 0 Å². The van der Waals surface area contributed by atoms with Crippen LogP contribution in [-0.4, -0.2) is 49.1 Å². The summed E-state index contributed by atoms with van der Waals surface area (Å²) in [6.07, 6.45) is 0. The summed E-state index contributed by atoms with van der Waals surface area (Å²) >= 11 is 0. The predicted molar refractivity (Wildman–Crippen MR) is 81.7 cm³/mol. The predicted octanol–water partition coefficient (Wildman–Crippen LogP) is 2.07. The van der Waals surface area contributed by atoms with Crippen LogP contribution in [0.4, 0.5) is 0 Å². The summed E-state index contributed by atoms with van der Waals surface area (Å²) in [5.74, 6) is 0.893. The standard InChI is InChI=1S/C16H23N3O/c1-2-18-7-9-19(10-8-18)12-14(17)16-11-13-5-3-4-6-15(13)20-16/h3-6,11,14H,2,7-10,12,17H2,1H3. The number of fused-ring (bicyclic) bond motifs is 1. The second kappa shape index (κ2) is 5.95. The molecule has 1 saturated heterocycles. The first kappa shape index (κ1) is 13.6. The quantitative estimate of drug-likeness (QED) is 0.926. The highest BCUT2D eigenvalue weighted by molar-refractivity contribution is 5.77. The smallest absolute Gasteiger partial charge is 0.134 e. The van der Waals surface area contributed by atoms with Crippen molar-refractivity contribution in [1.29, 1.82) is 0 Å². The van der Waals surface area contributed by atoms with E-state index in [9.17, 15) is 0 Å². The molecule has 3 rings (SSSR count). The number of piperazine rings is 1. The third kappa shape index (κ3) is 2.87. The van der Waals surface area contributed by atoms with E-state index in [1.54, 1.807) is 0 Å². The number of para-hydroxylation sites is 1. The average Bonchev–Trinajstić information content (AvgIpc) is 2.92. The van der Waals surface area contributed by atoms with Crippen LogP contribution in [0.2, 0.25) is 0 Å². The summed E-state index contributed by atoms with van der Waals surface area (Å²) in [5, 5.41) is 1.13. The number of nitrogens with two attached hydrogens (primary N) is 1. The number of likely N-dealkylation sites (N-methyl/N-ethyl adjacent to an activating group) is 1. The Kier molecular flexibility index (Phi) is 4.05. The Morgan fingerprint density at radius 2 is 1.85 bits per heavy atom. The zero-order chi connectivity index (χ0) is 13.9. The highest BCUT2D eigenvalue weighted by atomic mass is 16.3. The fourth-order valence-electron chi connectivity index (χ4n) is 2.84. The van der Waals surface area contributed by atoms with Crippen LogP contribution in [0, 0.1) is 0 Å². The van der Waals surface area contributed by atoms with E-state index in [0.717, 1.165) is 56.0 Å². The van der Waals surface area contributed by atoms with Crippen LogP contribution in [0.1, 0.15) is 18.7 Å². The molecule has 1 atom stereocenters. The molecule has 1 aromatic carbocycles. The van der Waals surface area contributed by atoms with Gasteiger partial charge in [-0.3, -0.25) is 4.90 Å². The van der Waals surface area contributed by atoms with Gasteiger partial charge in [-0.25, -0.2) is 0 Å². The third-order valence-electron chi connectivity index (χ3n) is 4.18. The van der Waals surface area contributed by atoms with Gasteiger partial charge in [-0.2, -0.15) is 0 Å². The molecule has 2 N–H and O–H groups in total. The zero-order valence-electron chi connectivity index (χ0n) is 12.1. The van der Waals surface area contributed by atoms with Gasteiger partial charge in [0.25, 0.3) is 0 Å². The first-order valence-corrected chi connectivity index (χ1v) is 7.45. The normalized spacial score (nSPS) is 19.5. The maximum Gasteiger partial charge on any atom is 0.134 e. The fourth-order valence-corrected chi connectivity index (χ4v) is 2.84. The molecule has 0 radical (unpaired) electrons. The molecule has 1 aliphatic heterocycles. The molecule has 0 saturated carbocycles. The largest absolute Gasteiger partial charge is 0.459 e. The van der Waals surface area contributed by atoms with Gasteiger partial charge in [0.1, 0.15) is 11.3 Å². The number of furan rings is 1. The molecule has 1 unspecified atom stereocenters. The Hall–Kier alpha value is -1.36. The molecule has 1 fully saturated rings. The van der Waals surface area contributed by atoms with Gasteiger partial charge in [0.05, 0.1) is 6.04 Å². The second-order valence-corrected chi connectivity index (χ2v) is 5.53. The number of rotatable bonds is 4. The monoisotopic (exact) mass is 273 g/mol. The average molecular weight is 273 g/mol. The van der Waals surface area contributed by atoms with Gasteiger partial charge >= 0.3 is 0 Å². The van der Waals surface area contributed by atoms with Crippen molar-refractivity contribution < 1.29 is 4.42 Å². The van der Waals surface area contributed by atoms with Gasteiger partial charge < -0.3 is 15.1 Å². The molecule has 4 nitrogen and oxygen atoms in total. The van der Waals surface area contributed by atoms with Crippen LogP contribution in [0.3, 0.4) is 0 Å². The number of benzene rings is 1.